The fraction of sp³-hybridized carbons (Fsp3) is 0.438. The Morgan fingerprint density at radius 3 is 2.43 bits per heavy atom. The van der Waals surface area contributed by atoms with Crippen LogP contribution in [-0.2, 0) is 15.9 Å². The molecule has 0 saturated carbocycles. The molecule has 7 heteroatoms. The van der Waals surface area contributed by atoms with Crippen LogP contribution in [-0.4, -0.2) is 33.1 Å². The zero-order valence-electron chi connectivity index (χ0n) is 13.8. The van der Waals surface area contributed by atoms with E-state index < -0.39 is 7.12 Å². The molecule has 3 rings (SSSR count). The van der Waals surface area contributed by atoms with Gasteiger partial charge in [-0.3, -0.25) is 0 Å². The molecule has 1 aromatic heterocycles. The third-order valence-electron chi connectivity index (χ3n) is 4.53. The van der Waals surface area contributed by atoms with Crippen LogP contribution in [0, 0.1) is 11.3 Å². The maximum Gasteiger partial charge on any atom is 0.495 e. The number of benzene rings is 1. The lowest BCUT2D eigenvalue weighted by Gasteiger charge is -2.32. The fourth-order valence-electron chi connectivity index (χ4n) is 2.47. The highest BCUT2D eigenvalue weighted by Gasteiger charge is 2.52. The van der Waals surface area contributed by atoms with Crippen molar-refractivity contribution >= 4 is 12.6 Å². The molecule has 0 atom stereocenters. The standard InChI is InChI=1S/C16H19BN4O2/c1-15(2)16(3,4)23-17(22-15)13-8-6-5-7-12(13)10-21-11-19-14(9-18)20-21/h5-8,11H,10H2,1-4H3. The Morgan fingerprint density at radius 2 is 1.83 bits per heavy atom. The minimum Gasteiger partial charge on any atom is -0.399 e. The van der Waals surface area contributed by atoms with Gasteiger partial charge in [-0.2, -0.15) is 5.26 Å². The van der Waals surface area contributed by atoms with Crippen molar-refractivity contribution in [2.24, 2.45) is 0 Å². The molecule has 0 spiro atoms. The van der Waals surface area contributed by atoms with Crippen LogP contribution in [0.15, 0.2) is 30.6 Å². The summed E-state index contributed by atoms with van der Waals surface area (Å²) in [5.41, 5.74) is 1.23. The minimum atomic E-state index is -0.421. The molecule has 0 N–H and O–H groups in total. The maximum atomic E-state index is 8.83. The van der Waals surface area contributed by atoms with E-state index in [2.05, 4.69) is 10.1 Å². The van der Waals surface area contributed by atoms with Gasteiger partial charge in [0.2, 0.25) is 0 Å². The van der Waals surface area contributed by atoms with Gasteiger partial charge in [0.15, 0.2) is 0 Å². The average Bonchev–Trinajstić information content (AvgIpc) is 3.02. The lowest BCUT2D eigenvalue weighted by Crippen LogP contribution is -2.41. The fourth-order valence-corrected chi connectivity index (χ4v) is 2.47. The zero-order chi connectivity index (χ0) is 16.7. The van der Waals surface area contributed by atoms with Gasteiger partial charge in [0.25, 0.3) is 5.82 Å². The summed E-state index contributed by atoms with van der Waals surface area (Å²) in [4.78, 5) is 3.93. The Morgan fingerprint density at radius 1 is 1.17 bits per heavy atom. The van der Waals surface area contributed by atoms with Crippen LogP contribution >= 0.6 is 0 Å². The largest absolute Gasteiger partial charge is 0.495 e. The van der Waals surface area contributed by atoms with Gasteiger partial charge in [-0.1, -0.05) is 24.3 Å². The summed E-state index contributed by atoms with van der Waals surface area (Å²) in [6, 6.07) is 9.87. The number of hydrogen-bond donors (Lipinski definition) is 0. The van der Waals surface area contributed by atoms with E-state index in [4.69, 9.17) is 14.6 Å². The second-order valence-corrected chi connectivity index (χ2v) is 6.66. The lowest BCUT2D eigenvalue weighted by atomic mass is 9.76. The molecule has 0 amide bonds. The van der Waals surface area contributed by atoms with E-state index in [1.807, 2.05) is 58.0 Å². The Bertz CT molecular complexity index is 747. The molecule has 0 radical (unpaired) electrons. The van der Waals surface area contributed by atoms with Crippen LogP contribution in [0.1, 0.15) is 39.1 Å². The molecule has 118 valence electrons. The highest BCUT2D eigenvalue weighted by Crippen LogP contribution is 2.36. The summed E-state index contributed by atoms with van der Waals surface area (Å²) < 4.78 is 13.9. The second kappa shape index (κ2) is 5.48. The molecule has 1 aliphatic rings. The lowest BCUT2D eigenvalue weighted by molar-refractivity contribution is 0.00578. The predicted octanol–water partition coefficient (Wildman–Crippen LogP) is 1.50. The molecule has 1 fully saturated rings. The van der Waals surface area contributed by atoms with Crippen LogP contribution in [0.2, 0.25) is 0 Å². The molecule has 0 unspecified atom stereocenters. The highest BCUT2D eigenvalue weighted by molar-refractivity contribution is 6.62. The highest BCUT2D eigenvalue weighted by atomic mass is 16.7. The van der Waals surface area contributed by atoms with Gasteiger partial charge in [-0.15, -0.1) is 5.10 Å². The van der Waals surface area contributed by atoms with Crippen LogP contribution in [0.5, 0.6) is 0 Å². The van der Waals surface area contributed by atoms with E-state index in [0.717, 1.165) is 11.0 Å². The Hall–Kier alpha value is -2.17. The van der Waals surface area contributed by atoms with Crippen molar-refractivity contribution in [2.45, 2.75) is 45.4 Å². The summed E-state index contributed by atoms with van der Waals surface area (Å²) in [5, 5.41) is 12.9. The third-order valence-corrected chi connectivity index (χ3v) is 4.53. The van der Waals surface area contributed by atoms with E-state index in [9.17, 15) is 0 Å². The molecule has 0 bridgehead atoms. The van der Waals surface area contributed by atoms with Crippen molar-refractivity contribution < 1.29 is 9.31 Å². The molecule has 23 heavy (non-hydrogen) atoms. The van der Waals surface area contributed by atoms with E-state index in [1.54, 1.807) is 11.0 Å². The van der Waals surface area contributed by atoms with E-state index in [1.165, 1.54) is 0 Å². The maximum absolute atomic E-state index is 8.83. The molecule has 6 nitrogen and oxygen atoms in total. The first-order chi connectivity index (χ1) is 10.8. The summed E-state index contributed by atoms with van der Waals surface area (Å²) in [6.07, 6.45) is 1.56. The molecule has 1 aromatic carbocycles. The van der Waals surface area contributed by atoms with E-state index >= 15 is 0 Å². The van der Waals surface area contributed by atoms with Gasteiger partial charge in [-0.25, -0.2) is 9.67 Å². The Labute approximate surface area is 136 Å². The van der Waals surface area contributed by atoms with Crippen LogP contribution in [0.3, 0.4) is 0 Å². The monoisotopic (exact) mass is 310 g/mol. The Balaban J connectivity index is 1.89. The summed E-state index contributed by atoms with van der Waals surface area (Å²) in [5.74, 6) is 0.165. The quantitative estimate of drug-likeness (QED) is 0.803. The second-order valence-electron chi connectivity index (χ2n) is 6.66. The SMILES string of the molecule is CC1(C)OB(c2ccccc2Cn2cnc(C#N)n2)OC1(C)C. The number of hydrogen-bond acceptors (Lipinski definition) is 5. The summed E-state index contributed by atoms with van der Waals surface area (Å²) in [6.45, 7) is 8.64. The topological polar surface area (TPSA) is 73.0 Å². The van der Waals surface area contributed by atoms with Gasteiger partial charge in [-0.05, 0) is 38.7 Å². The van der Waals surface area contributed by atoms with Gasteiger partial charge >= 0.3 is 7.12 Å². The first-order valence-corrected chi connectivity index (χ1v) is 7.55. The van der Waals surface area contributed by atoms with Crippen molar-refractivity contribution in [3.8, 4) is 6.07 Å². The predicted molar refractivity (Wildman–Crippen MR) is 86.0 cm³/mol. The van der Waals surface area contributed by atoms with Crippen molar-refractivity contribution in [3.05, 3.63) is 42.0 Å². The van der Waals surface area contributed by atoms with Crippen molar-refractivity contribution in [2.75, 3.05) is 0 Å². The Kier molecular flexibility index (Phi) is 3.75. The first-order valence-electron chi connectivity index (χ1n) is 7.55. The van der Waals surface area contributed by atoms with E-state index in [0.29, 0.717) is 6.54 Å². The molecule has 0 aliphatic carbocycles. The van der Waals surface area contributed by atoms with Gasteiger partial charge in [0.05, 0.1) is 17.7 Å². The molecular formula is C16H19BN4O2. The molecule has 2 heterocycles. The van der Waals surface area contributed by atoms with Crippen LogP contribution in [0.4, 0.5) is 0 Å². The normalized spacial score (nSPS) is 18.8. The van der Waals surface area contributed by atoms with Gasteiger partial charge < -0.3 is 9.31 Å². The summed E-state index contributed by atoms with van der Waals surface area (Å²) >= 11 is 0. The van der Waals surface area contributed by atoms with Crippen molar-refractivity contribution in [3.63, 3.8) is 0 Å². The number of nitrogens with zero attached hydrogens (tertiary/aromatic N) is 4. The van der Waals surface area contributed by atoms with E-state index in [-0.39, 0.29) is 17.0 Å². The molecule has 2 aromatic rings. The van der Waals surface area contributed by atoms with Crippen molar-refractivity contribution in [1.82, 2.24) is 14.8 Å². The van der Waals surface area contributed by atoms with Gasteiger partial charge in [0, 0.05) is 0 Å². The minimum absolute atomic E-state index is 0.165. The van der Waals surface area contributed by atoms with Crippen LogP contribution < -0.4 is 5.46 Å². The van der Waals surface area contributed by atoms with Crippen LogP contribution in [0.25, 0.3) is 0 Å². The van der Waals surface area contributed by atoms with Crippen molar-refractivity contribution in [1.29, 1.82) is 5.26 Å². The van der Waals surface area contributed by atoms with Gasteiger partial charge in [0.1, 0.15) is 12.4 Å². The zero-order valence-corrected chi connectivity index (χ0v) is 13.8. The third kappa shape index (κ3) is 2.88. The summed E-state index contributed by atoms with van der Waals surface area (Å²) in [7, 11) is -0.421. The first kappa shape index (κ1) is 15.7. The number of rotatable bonds is 3. The smallest absolute Gasteiger partial charge is 0.399 e. The average molecular weight is 310 g/mol. The molecule has 1 aliphatic heterocycles. The number of nitriles is 1. The molecule has 1 saturated heterocycles. The number of aromatic nitrogens is 3. The molecular weight excluding hydrogens is 291 g/mol.